The van der Waals surface area contributed by atoms with Crippen LogP contribution in [0.5, 0.6) is 5.88 Å². The van der Waals surface area contributed by atoms with Crippen molar-refractivity contribution in [2.45, 2.75) is 38.1 Å². The van der Waals surface area contributed by atoms with E-state index in [2.05, 4.69) is 5.10 Å². The molecular weight excluding hydrogens is 190 g/mol. The van der Waals surface area contributed by atoms with Crippen molar-refractivity contribution in [2.75, 3.05) is 13.7 Å². The molecule has 2 N–H and O–H groups in total. The van der Waals surface area contributed by atoms with Crippen LogP contribution in [-0.4, -0.2) is 23.4 Å². The number of ether oxygens (including phenoxy) is 1. The second-order valence-electron chi connectivity index (χ2n) is 4.10. The molecule has 0 spiro atoms. The van der Waals surface area contributed by atoms with Crippen molar-refractivity contribution < 1.29 is 4.74 Å². The van der Waals surface area contributed by atoms with E-state index in [0.717, 1.165) is 17.9 Å². The van der Waals surface area contributed by atoms with Gasteiger partial charge in [-0.25, -0.2) is 4.68 Å². The fourth-order valence-electron chi connectivity index (χ4n) is 2.35. The van der Waals surface area contributed by atoms with E-state index in [0.29, 0.717) is 12.6 Å². The van der Waals surface area contributed by atoms with Crippen LogP contribution in [0.15, 0.2) is 6.20 Å². The zero-order chi connectivity index (χ0) is 10.7. The maximum Gasteiger partial charge on any atom is 0.215 e. The van der Waals surface area contributed by atoms with Crippen LogP contribution in [0.1, 0.15) is 37.3 Å². The first-order valence-corrected chi connectivity index (χ1v) is 5.67. The van der Waals surface area contributed by atoms with Crippen molar-refractivity contribution >= 4 is 0 Å². The lowest BCUT2D eigenvalue weighted by atomic mass is 10.2. The quantitative estimate of drug-likeness (QED) is 0.817. The van der Waals surface area contributed by atoms with Crippen molar-refractivity contribution in [2.24, 2.45) is 5.73 Å². The SMILES string of the molecule is COc1c(CCN)cnn1C1CCCC1. The zero-order valence-corrected chi connectivity index (χ0v) is 9.28. The summed E-state index contributed by atoms with van der Waals surface area (Å²) in [7, 11) is 1.71. The maximum absolute atomic E-state index is 5.55. The van der Waals surface area contributed by atoms with Gasteiger partial charge in [0, 0.05) is 5.56 Å². The van der Waals surface area contributed by atoms with E-state index in [1.807, 2.05) is 10.9 Å². The lowest BCUT2D eigenvalue weighted by Crippen LogP contribution is -2.09. The summed E-state index contributed by atoms with van der Waals surface area (Å²) >= 11 is 0. The molecule has 0 aliphatic heterocycles. The second-order valence-corrected chi connectivity index (χ2v) is 4.10. The summed E-state index contributed by atoms with van der Waals surface area (Å²) in [5.74, 6) is 0.910. The minimum absolute atomic E-state index is 0.534. The molecule has 0 amide bonds. The monoisotopic (exact) mass is 209 g/mol. The largest absolute Gasteiger partial charge is 0.481 e. The second kappa shape index (κ2) is 4.66. The highest BCUT2D eigenvalue weighted by Crippen LogP contribution is 2.33. The van der Waals surface area contributed by atoms with Gasteiger partial charge in [0.1, 0.15) is 0 Å². The molecule has 1 saturated carbocycles. The smallest absolute Gasteiger partial charge is 0.215 e. The Hall–Kier alpha value is -1.03. The van der Waals surface area contributed by atoms with E-state index < -0.39 is 0 Å². The fraction of sp³-hybridized carbons (Fsp3) is 0.727. The van der Waals surface area contributed by atoms with Gasteiger partial charge in [-0.05, 0) is 25.8 Å². The van der Waals surface area contributed by atoms with Crippen LogP contribution in [-0.2, 0) is 6.42 Å². The molecule has 1 aliphatic rings. The van der Waals surface area contributed by atoms with Gasteiger partial charge in [0.25, 0.3) is 0 Å². The zero-order valence-electron chi connectivity index (χ0n) is 9.28. The number of hydrogen-bond acceptors (Lipinski definition) is 3. The highest BCUT2D eigenvalue weighted by Gasteiger charge is 2.22. The van der Waals surface area contributed by atoms with E-state index in [1.54, 1.807) is 7.11 Å². The summed E-state index contributed by atoms with van der Waals surface area (Å²) in [6.07, 6.45) is 7.79. The molecule has 4 heteroatoms. The van der Waals surface area contributed by atoms with Gasteiger partial charge >= 0.3 is 0 Å². The van der Waals surface area contributed by atoms with Crippen molar-refractivity contribution in [3.8, 4) is 5.88 Å². The van der Waals surface area contributed by atoms with Crippen LogP contribution in [0.25, 0.3) is 0 Å². The number of hydrogen-bond donors (Lipinski definition) is 1. The molecule has 1 fully saturated rings. The number of methoxy groups -OCH3 is 1. The molecule has 1 heterocycles. The first-order chi connectivity index (χ1) is 7.36. The molecule has 84 valence electrons. The standard InChI is InChI=1S/C11H19N3O/c1-15-11-9(6-7-12)8-13-14(11)10-4-2-3-5-10/h8,10H,2-7,12H2,1H3. The Kier molecular flexibility index (Phi) is 3.26. The first-order valence-electron chi connectivity index (χ1n) is 5.67. The Balaban J connectivity index is 2.22. The van der Waals surface area contributed by atoms with Gasteiger partial charge in [-0.1, -0.05) is 12.8 Å². The van der Waals surface area contributed by atoms with Crippen molar-refractivity contribution in [1.82, 2.24) is 9.78 Å². The van der Waals surface area contributed by atoms with Crippen LogP contribution in [0.4, 0.5) is 0 Å². The van der Waals surface area contributed by atoms with E-state index in [1.165, 1.54) is 25.7 Å². The molecule has 1 aromatic rings. The Labute approximate surface area is 90.4 Å². The molecule has 2 rings (SSSR count). The van der Waals surface area contributed by atoms with Crippen molar-refractivity contribution in [1.29, 1.82) is 0 Å². The first kappa shape index (κ1) is 10.5. The van der Waals surface area contributed by atoms with Crippen LogP contribution < -0.4 is 10.5 Å². The minimum atomic E-state index is 0.534. The molecule has 1 aliphatic carbocycles. The summed E-state index contributed by atoms with van der Waals surface area (Å²) in [4.78, 5) is 0. The van der Waals surface area contributed by atoms with E-state index in [4.69, 9.17) is 10.5 Å². The summed E-state index contributed by atoms with van der Waals surface area (Å²) in [6, 6.07) is 0.534. The summed E-state index contributed by atoms with van der Waals surface area (Å²) in [5.41, 5.74) is 6.69. The Bertz CT molecular complexity index is 316. The third kappa shape index (κ3) is 2.00. The molecule has 0 unspecified atom stereocenters. The Morgan fingerprint density at radius 3 is 2.87 bits per heavy atom. The molecule has 0 aromatic carbocycles. The molecule has 0 radical (unpaired) electrons. The van der Waals surface area contributed by atoms with E-state index in [-0.39, 0.29) is 0 Å². The molecule has 0 saturated heterocycles. The number of nitrogens with two attached hydrogens (primary N) is 1. The van der Waals surface area contributed by atoms with Gasteiger partial charge in [0.05, 0.1) is 19.3 Å². The highest BCUT2D eigenvalue weighted by molar-refractivity contribution is 5.25. The third-order valence-electron chi connectivity index (χ3n) is 3.10. The number of rotatable bonds is 4. The molecule has 0 atom stereocenters. The number of nitrogens with zero attached hydrogens (tertiary/aromatic N) is 2. The van der Waals surface area contributed by atoms with Crippen molar-refractivity contribution in [3.05, 3.63) is 11.8 Å². The third-order valence-corrected chi connectivity index (χ3v) is 3.10. The summed E-state index contributed by atoms with van der Waals surface area (Å²) < 4.78 is 7.47. The van der Waals surface area contributed by atoms with E-state index in [9.17, 15) is 0 Å². The van der Waals surface area contributed by atoms with Gasteiger partial charge in [-0.15, -0.1) is 0 Å². The average Bonchev–Trinajstić information content (AvgIpc) is 2.85. The van der Waals surface area contributed by atoms with Crippen LogP contribution in [0.2, 0.25) is 0 Å². The average molecular weight is 209 g/mol. The Morgan fingerprint density at radius 1 is 1.53 bits per heavy atom. The van der Waals surface area contributed by atoms with Gasteiger partial charge < -0.3 is 10.5 Å². The van der Waals surface area contributed by atoms with Crippen LogP contribution in [0.3, 0.4) is 0 Å². The van der Waals surface area contributed by atoms with E-state index >= 15 is 0 Å². The maximum atomic E-state index is 5.55. The molecule has 15 heavy (non-hydrogen) atoms. The normalized spacial score (nSPS) is 17.2. The molecule has 4 nitrogen and oxygen atoms in total. The predicted octanol–water partition coefficient (Wildman–Crippen LogP) is 1.51. The van der Waals surface area contributed by atoms with Gasteiger partial charge in [0.15, 0.2) is 0 Å². The Morgan fingerprint density at radius 2 is 2.27 bits per heavy atom. The van der Waals surface area contributed by atoms with Crippen LogP contribution in [0, 0.1) is 0 Å². The predicted molar refractivity (Wildman–Crippen MR) is 59.0 cm³/mol. The van der Waals surface area contributed by atoms with Crippen molar-refractivity contribution in [3.63, 3.8) is 0 Å². The lowest BCUT2D eigenvalue weighted by molar-refractivity contribution is 0.328. The van der Waals surface area contributed by atoms with Gasteiger partial charge in [-0.3, -0.25) is 0 Å². The molecule has 0 bridgehead atoms. The number of aromatic nitrogens is 2. The summed E-state index contributed by atoms with van der Waals surface area (Å²) in [5, 5.41) is 4.42. The fourth-order valence-corrected chi connectivity index (χ4v) is 2.35. The molecule has 1 aromatic heterocycles. The highest BCUT2D eigenvalue weighted by atomic mass is 16.5. The molecular formula is C11H19N3O. The van der Waals surface area contributed by atoms with Gasteiger partial charge in [-0.2, -0.15) is 5.10 Å². The summed E-state index contributed by atoms with van der Waals surface area (Å²) in [6.45, 7) is 0.646. The minimum Gasteiger partial charge on any atom is -0.481 e. The van der Waals surface area contributed by atoms with Crippen LogP contribution >= 0.6 is 0 Å². The van der Waals surface area contributed by atoms with Gasteiger partial charge in [0.2, 0.25) is 5.88 Å². The topological polar surface area (TPSA) is 53.1 Å². The lowest BCUT2D eigenvalue weighted by Gasteiger charge is -2.13.